The number of nitrogens with two attached hydrogens (primary N) is 1. The molecule has 2 N–H and O–H groups in total. The highest BCUT2D eigenvalue weighted by molar-refractivity contribution is 7.89. The summed E-state index contributed by atoms with van der Waals surface area (Å²) in [5, 5.41) is 4.84. The number of halogens is 3. The molecule has 0 amide bonds. The van der Waals surface area contributed by atoms with E-state index in [0.717, 1.165) is 6.07 Å². The molecule has 8 heteroatoms. The molecule has 0 heterocycles. The zero-order valence-electron chi connectivity index (χ0n) is 10.1. The van der Waals surface area contributed by atoms with Crippen molar-refractivity contribution < 1.29 is 26.3 Å². The molecule has 0 radical (unpaired) electrons. The van der Waals surface area contributed by atoms with Crippen LogP contribution in [-0.2, 0) is 16.2 Å². The van der Waals surface area contributed by atoms with E-state index in [1.54, 1.807) is 0 Å². The minimum Gasteiger partial charge on any atom is -0.493 e. The molecule has 1 aromatic rings. The third-order valence-electron chi connectivity index (χ3n) is 2.23. The van der Waals surface area contributed by atoms with Crippen LogP contribution < -0.4 is 9.88 Å². The summed E-state index contributed by atoms with van der Waals surface area (Å²) in [6.07, 6.45) is -4.51. The summed E-state index contributed by atoms with van der Waals surface area (Å²) in [5.41, 5.74) is -0.891. The zero-order valence-corrected chi connectivity index (χ0v) is 11.0. The van der Waals surface area contributed by atoms with Crippen molar-refractivity contribution in [1.82, 2.24) is 0 Å². The molecule has 4 nitrogen and oxygen atoms in total. The summed E-state index contributed by atoms with van der Waals surface area (Å²) in [6, 6.07) is 4.75. The summed E-state index contributed by atoms with van der Waals surface area (Å²) in [7, 11) is -3.67. The van der Waals surface area contributed by atoms with Crippen LogP contribution in [0.3, 0.4) is 0 Å². The molecular weight excluding hydrogens is 283 g/mol. The zero-order chi connectivity index (χ0) is 14.7. The van der Waals surface area contributed by atoms with Gasteiger partial charge in [0.25, 0.3) is 0 Å². The van der Waals surface area contributed by atoms with E-state index in [-0.39, 0.29) is 18.1 Å². The van der Waals surface area contributed by atoms with Gasteiger partial charge in [0.05, 0.1) is 17.9 Å². The molecule has 1 atom stereocenters. The number of hydrogen-bond donors (Lipinski definition) is 1. The standard InChI is InChI=1S/C11H14F3NO3S/c1-8(7-19(15,16)17)6-18-10-5-3-2-4-9(10)11(12,13)14/h2-5,8H,6-7H2,1H3,(H2,15,16,17). The van der Waals surface area contributed by atoms with E-state index in [0.29, 0.717) is 0 Å². The van der Waals surface area contributed by atoms with Gasteiger partial charge in [0, 0.05) is 5.92 Å². The Kier molecular flexibility index (Phi) is 4.81. The van der Waals surface area contributed by atoms with Crippen LogP contribution in [0.2, 0.25) is 0 Å². The Morgan fingerprint density at radius 3 is 2.42 bits per heavy atom. The number of benzene rings is 1. The van der Waals surface area contributed by atoms with Crippen LogP contribution in [0.5, 0.6) is 5.75 Å². The monoisotopic (exact) mass is 297 g/mol. The largest absolute Gasteiger partial charge is 0.493 e. The van der Waals surface area contributed by atoms with Gasteiger partial charge >= 0.3 is 6.18 Å². The van der Waals surface area contributed by atoms with Crippen molar-refractivity contribution in [2.45, 2.75) is 13.1 Å². The molecule has 1 aromatic carbocycles. The summed E-state index contributed by atoms with van der Waals surface area (Å²) < 4.78 is 64.6. The van der Waals surface area contributed by atoms with Crippen molar-refractivity contribution in [3.05, 3.63) is 29.8 Å². The average Bonchev–Trinajstić information content (AvgIpc) is 2.23. The van der Waals surface area contributed by atoms with Crippen LogP contribution in [0.25, 0.3) is 0 Å². The maximum absolute atomic E-state index is 12.6. The Balaban J connectivity index is 2.74. The molecule has 0 aliphatic rings. The molecular formula is C11H14F3NO3S. The van der Waals surface area contributed by atoms with Crippen LogP contribution >= 0.6 is 0 Å². The fourth-order valence-electron chi connectivity index (χ4n) is 1.50. The third kappa shape index (κ3) is 5.48. The molecule has 0 aliphatic carbocycles. The number of primary sulfonamides is 1. The van der Waals surface area contributed by atoms with Gasteiger partial charge in [-0.05, 0) is 12.1 Å². The van der Waals surface area contributed by atoms with Crippen molar-refractivity contribution in [2.75, 3.05) is 12.4 Å². The van der Waals surface area contributed by atoms with E-state index in [4.69, 9.17) is 9.88 Å². The van der Waals surface area contributed by atoms with E-state index < -0.39 is 27.7 Å². The molecule has 0 aliphatic heterocycles. The SMILES string of the molecule is CC(COc1ccccc1C(F)(F)F)CS(N)(=O)=O. The lowest BCUT2D eigenvalue weighted by Gasteiger charge is -2.16. The number of alkyl halides is 3. The Labute approximate surface area is 109 Å². The first-order valence-electron chi connectivity index (χ1n) is 5.39. The van der Waals surface area contributed by atoms with Gasteiger partial charge in [0.15, 0.2) is 0 Å². The molecule has 0 aromatic heterocycles. The predicted molar refractivity (Wildman–Crippen MR) is 64.1 cm³/mol. The summed E-state index contributed by atoms with van der Waals surface area (Å²) in [4.78, 5) is 0. The first-order chi connectivity index (χ1) is 8.59. The van der Waals surface area contributed by atoms with E-state index in [1.165, 1.54) is 25.1 Å². The number of sulfonamides is 1. The van der Waals surface area contributed by atoms with Gasteiger partial charge in [-0.2, -0.15) is 13.2 Å². The molecule has 1 unspecified atom stereocenters. The summed E-state index contributed by atoms with van der Waals surface area (Å²) >= 11 is 0. The predicted octanol–water partition coefficient (Wildman–Crippen LogP) is 2.01. The molecule has 1 rings (SSSR count). The van der Waals surface area contributed by atoms with E-state index >= 15 is 0 Å². The normalized spacial score (nSPS) is 14.2. The average molecular weight is 297 g/mol. The summed E-state index contributed by atoms with van der Waals surface area (Å²) in [5.74, 6) is -1.17. The minimum atomic E-state index is -4.51. The van der Waals surface area contributed by atoms with E-state index in [2.05, 4.69) is 0 Å². The Bertz CT molecular complexity index is 528. The van der Waals surface area contributed by atoms with Crippen molar-refractivity contribution in [1.29, 1.82) is 0 Å². The summed E-state index contributed by atoms with van der Waals surface area (Å²) in [6.45, 7) is 1.37. The van der Waals surface area contributed by atoms with Gasteiger partial charge < -0.3 is 4.74 Å². The number of rotatable bonds is 5. The van der Waals surface area contributed by atoms with Crippen molar-refractivity contribution >= 4 is 10.0 Å². The van der Waals surface area contributed by atoms with Gasteiger partial charge in [-0.15, -0.1) is 0 Å². The number of para-hydroxylation sites is 1. The van der Waals surface area contributed by atoms with Gasteiger partial charge in [-0.3, -0.25) is 0 Å². The smallest absolute Gasteiger partial charge is 0.419 e. The van der Waals surface area contributed by atoms with E-state index in [9.17, 15) is 21.6 Å². The molecule has 0 bridgehead atoms. The first kappa shape index (κ1) is 15.8. The highest BCUT2D eigenvalue weighted by atomic mass is 32.2. The van der Waals surface area contributed by atoms with Crippen LogP contribution in [-0.4, -0.2) is 20.8 Å². The lowest BCUT2D eigenvalue weighted by Crippen LogP contribution is -2.25. The van der Waals surface area contributed by atoms with Gasteiger partial charge in [0.2, 0.25) is 10.0 Å². The Hall–Kier alpha value is -1.28. The maximum Gasteiger partial charge on any atom is 0.419 e. The van der Waals surface area contributed by atoms with Crippen molar-refractivity contribution in [3.63, 3.8) is 0 Å². The second kappa shape index (κ2) is 5.79. The second-order valence-corrected chi connectivity index (χ2v) is 5.90. The van der Waals surface area contributed by atoms with Gasteiger partial charge in [-0.1, -0.05) is 19.1 Å². The molecule has 0 saturated carbocycles. The minimum absolute atomic E-state index is 0.163. The number of hydrogen-bond acceptors (Lipinski definition) is 3. The Morgan fingerprint density at radius 2 is 1.89 bits per heavy atom. The molecule has 0 fully saturated rings. The highest BCUT2D eigenvalue weighted by Gasteiger charge is 2.34. The molecule has 0 saturated heterocycles. The van der Waals surface area contributed by atoms with Crippen LogP contribution in [0.4, 0.5) is 13.2 Å². The van der Waals surface area contributed by atoms with Crippen LogP contribution in [0, 0.1) is 5.92 Å². The second-order valence-electron chi connectivity index (χ2n) is 4.24. The van der Waals surface area contributed by atoms with Crippen LogP contribution in [0.1, 0.15) is 12.5 Å². The third-order valence-corrected chi connectivity index (χ3v) is 3.27. The van der Waals surface area contributed by atoms with Crippen molar-refractivity contribution in [3.8, 4) is 5.75 Å². The highest BCUT2D eigenvalue weighted by Crippen LogP contribution is 2.35. The topological polar surface area (TPSA) is 69.4 Å². The van der Waals surface area contributed by atoms with Crippen molar-refractivity contribution in [2.24, 2.45) is 11.1 Å². The molecule has 19 heavy (non-hydrogen) atoms. The van der Waals surface area contributed by atoms with Gasteiger partial charge in [0.1, 0.15) is 5.75 Å². The fraction of sp³-hybridized carbons (Fsp3) is 0.455. The Morgan fingerprint density at radius 1 is 1.32 bits per heavy atom. The quantitative estimate of drug-likeness (QED) is 0.904. The fourth-order valence-corrected chi connectivity index (χ4v) is 2.39. The molecule has 0 spiro atoms. The lowest BCUT2D eigenvalue weighted by molar-refractivity contribution is -0.139. The maximum atomic E-state index is 12.6. The van der Waals surface area contributed by atoms with E-state index in [1.807, 2.05) is 0 Å². The first-order valence-corrected chi connectivity index (χ1v) is 7.10. The van der Waals surface area contributed by atoms with Crippen LogP contribution in [0.15, 0.2) is 24.3 Å². The molecule has 108 valence electrons. The van der Waals surface area contributed by atoms with Gasteiger partial charge in [-0.25, -0.2) is 13.6 Å². The number of ether oxygens (including phenoxy) is 1. The lowest BCUT2D eigenvalue weighted by atomic mass is 10.2.